The second-order valence-electron chi connectivity index (χ2n) is 3.93. The number of imidazole rings is 1. The van der Waals surface area contributed by atoms with Gasteiger partial charge in [-0.15, -0.1) is 0 Å². The topological polar surface area (TPSA) is 50.7 Å². The Morgan fingerprint density at radius 3 is 2.82 bits per heavy atom. The number of nitrogens with zero attached hydrogens (tertiary/aromatic N) is 2. The van der Waals surface area contributed by atoms with Gasteiger partial charge in [0.2, 0.25) is 0 Å². The summed E-state index contributed by atoms with van der Waals surface area (Å²) in [6.45, 7) is 1.89. The number of hydrogen-bond acceptors (Lipinski definition) is 2. The predicted molar refractivity (Wildman–Crippen MR) is 66.4 cm³/mol. The summed E-state index contributed by atoms with van der Waals surface area (Å²) in [5, 5.41) is 1.65. The van der Waals surface area contributed by atoms with Gasteiger partial charge in [0.1, 0.15) is 0 Å². The van der Waals surface area contributed by atoms with Crippen molar-refractivity contribution in [1.82, 2.24) is 14.5 Å². The summed E-state index contributed by atoms with van der Waals surface area (Å²) in [7, 11) is 0. The van der Waals surface area contributed by atoms with Gasteiger partial charge >= 0.3 is 0 Å². The lowest BCUT2D eigenvalue weighted by molar-refractivity contribution is 0.955. The zero-order chi connectivity index (χ0) is 11.8. The fraction of sp³-hybridized carbons (Fsp3) is 0.0769. The number of fused-ring (bicyclic) bond motifs is 1. The van der Waals surface area contributed by atoms with E-state index in [0.717, 1.165) is 11.1 Å². The van der Waals surface area contributed by atoms with E-state index in [0.29, 0.717) is 11.2 Å². The second kappa shape index (κ2) is 3.59. The Kier molecular flexibility index (Phi) is 2.08. The van der Waals surface area contributed by atoms with E-state index in [1.165, 1.54) is 0 Å². The summed E-state index contributed by atoms with van der Waals surface area (Å²) in [5.41, 5.74) is 0.834. The molecule has 0 bridgehead atoms. The van der Waals surface area contributed by atoms with Gasteiger partial charge in [0.05, 0.1) is 12.0 Å². The first kappa shape index (κ1) is 9.84. The molecular weight excluding hydrogens is 214 g/mol. The fourth-order valence-corrected chi connectivity index (χ4v) is 1.95. The molecule has 4 nitrogen and oxygen atoms in total. The van der Waals surface area contributed by atoms with Crippen molar-refractivity contribution < 1.29 is 0 Å². The average molecular weight is 225 g/mol. The van der Waals surface area contributed by atoms with E-state index in [1.54, 1.807) is 17.1 Å². The summed E-state index contributed by atoms with van der Waals surface area (Å²) >= 11 is 0. The number of hydrogen-bond donors (Lipinski definition) is 1. The molecule has 1 aromatic carbocycles. The maximum absolute atomic E-state index is 12.3. The minimum absolute atomic E-state index is 0.0432. The van der Waals surface area contributed by atoms with Gasteiger partial charge in [-0.25, -0.2) is 4.98 Å². The summed E-state index contributed by atoms with van der Waals surface area (Å²) in [4.78, 5) is 19.4. The molecule has 4 heteroatoms. The molecule has 0 radical (unpaired) electrons. The smallest absolute Gasteiger partial charge is 0.264 e. The molecule has 0 aliphatic rings. The third-order valence-electron chi connectivity index (χ3n) is 2.84. The van der Waals surface area contributed by atoms with Gasteiger partial charge in [-0.05, 0) is 24.4 Å². The van der Waals surface area contributed by atoms with Crippen LogP contribution in [0.25, 0.3) is 16.6 Å². The number of pyridine rings is 1. The van der Waals surface area contributed by atoms with Crippen LogP contribution in [0.1, 0.15) is 5.69 Å². The van der Waals surface area contributed by atoms with Crippen LogP contribution >= 0.6 is 0 Å². The standard InChI is InChI=1S/C13H11N3O/c1-9-12(15-8-14-9)16-7-6-10-4-2-3-5-11(10)13(16)17/h2-8H,1H3,(H,14,15). The van der Waals surface area contributed by atoms with Gasteiger partial charge in [-0.3, -0.25) is 9.36 Å². The van der Waals surface area contributed by atoms with Crippen LogP contribution in [0.3, 0.4) is 0 Å². The molecule has 2 heterocycles. The van der Waals surface area contributed by atoms with Crippen molar-refractivity contribution in [2.24, 2.45) is 0 Å². The SMILES string of the molecule is Cc1[nH]cnc1-n1ccc2ccccc2c1=O. The van der Waals surface area contributed by atoms with Crippen LogP contribution in [0.5, 0.6) is 0 Å². The first-order valence-corrected chi connectivity index (χ1v) is 5.38. The van der Waals surface area contributed by atoms with Gasteiger partial charge in [0.25, 0.3) is 5.56 Å². The molecule has 0 aliphatic carbocycles. The number of aryl methyl sites for hydroxylation is 1. The van der Waals surface area contributed by atoms with Crippen LogP contribution in [0.15, 0.2) is 47.7 Å². The lowest BCUT2D eigenvalue weighted by atomic mass is 10.2. The number of aromatic amines is 1. The molecule has 0 spiro atoms. The molecular formula is C13H11N3O. The molecule has 1 N–H and O–H groups in total. The Bertz CT molecular complexity index is 740. The summed E-state index contributed by atoms with van der Waals surface area (Å²) < 4.78 is 1.56. The molecule has 0 saturated carbocycles. The van der Waals surface area contributed by atoms with Crippen molar-refractivity contribution in [2.75, 3.05) is 0 Å². The zero-order valence-corrected chi connectivity index (χ0v) is 9.34. The maximum atomic E-state index is 12.3. The number of nitrogens with one attached hydrogen (secondary N) is 1. The van der Waals surface area contributed by atoms with E-state index in [4.69, 9.17) is 0 Å². The number of benzene rings is 1. The van der Waals surface area contributed by atoms with Crippen LogP contribution in [-0.4, -0.2) is 14.5 Å². The Morgan fingerprint density at radius 2 is 2.06 bits per heavy atom. The van der Waals surface area contributed by atoms with Gasteiger partial charge in [-0.1, -0.05) is 18.2 Å². The molecule has 0 atom stereocenters. The predicted octanol–water partition coefficient (Wildman–Crippen LogP) is 2.02. The van der Waals surface area contributed by atoms with Crippen molar-refractivity contribution in [3.05, 3.63) is 58.9 Å². The molecule has 0 aliphatic heterocycles. The van der Waals surface area contributed by atoms with Crippen LogP contribution in [0, 0.1) is 6.92 Å². The quantitative estimate of drug-likeness (QED) is 0.688. The van der Waals surface area contributed by atoms with Gasteiger partial charge in [0.15, 0.2) is 5.82 Å². The lowest BCUT2D eigenvalue weighted by Gasteiger charge is -2.04. The summed E-state index contributed by atoms with van der Waals surface area (Å²) in [6.07, 6.45) is 3.35. The average Bonchev–Trinajstić information content (AvgIpc) is 2.76. The molecule has 3 rings (SSSR count). The third-order valence-corrected chi connectivity index (χ3v) is 2.84. The summed E-state index contributed by atoms with van der Waals surface area (Å²) in [6, 6.07) is 9.47. The van der Waals surface area contributed by atoms with Crippen LogP contribution in [0.4, 0.5) is 0 Å². The lowest BCUT2D eigenvalue weighted by Crippen LogP contribution is -2.18. The Labute approximate surface area is 97.6 Å². The number of rotatable bonds is 1. The van der Waals surface area contributed by atoms with E-state index in [9.17, 15) is 4.79 Å². The highest BCUT2D eigenvalue weighted by Crippen LogP contribution is 2.11. The van der Waals surface area contributed by atoms with Crippen LogP contribution < -0.4 is 5.56 Å². The van der Waals surface area contributed by atoms with E-state index in [-0.39, 0.29) is 5.56 Å². The van der Waals surface area contributed by atoms with Gasteiger partial charge in [0, 0.05) is 11.6 Å². The van der Waals surface area contributed by atoms with Gasteiger partial charge < -0.3 is 4.98 Å². The van der Waals surface area contributed by atoms with Gasteiger partial charge in [-0.2, -0.15) is 0 Å². The van der Waals surface area contributed by atoms with Crippen molar-refractivity contribution in [3.63, 3.8) is 0 Å². The molecule has 0 fully saturated rings. The Hall–Kier alpha value is -2.36. The first-order chi connectivity index (χ1) is 8.27. The Balaban J connectivity index is 2.37. The van der Waals surface area contributed by atoms with Crippen molar-refractivity contribution >= 4 is 10.8 Å². The van der Waals surface area contributed by atoms with E-state index < -0.39 is 0 Å². The largest absolute Gasteiger partial charge is 0.347 e. The number of H-pyrrole nitrogens is 1. The fourth-order valence-electron chi connectivity index (χ4n) is 1.95. The van der Waals surface area contributed by atoms with Crippen LogP contribution in [0.2, 0.25) is 0 Å². The monoisotopic (exact) mass is 225 g/mol. The number of aromatic nitrogens is 3. The molecule has 0 saturated heterocycles. The van der Waals surface area contributed by atoms with E-state index in [2.05, 4.69) is 9.97 Å². The molecule has 0 amide bonds. The second-order valence-corrected chi connectivity index (χ2v) is 3.93. The van der Waals surface area contributed by atoms with E-state index >= 15 is 0 Å². The van der Waals surface area contributed by atoms with Crippen molar-refractivity contribution in [1.29, 1.82) is 0 Å². The highest BCUT2D eigenvalue weighted by Gasteiger charge is 2.07. The molecule has 84 valence electrons. The van der Waals surface area contributed by atoms with Crippen molar-refractivity contribution in [2.45, 2.75) is 6.92 Å². The zero-order valence-electron chi connectivity index (χ0n) is 9.34. The van der Waals surface area contributed by atoms with Crippen LogP contribution in [-0.2, 0) is 0 Å². The van der Waals surface area contributed by atoms with E-state index in [1.807, 2.05) is 37.3 Å². The van der Waals surface area contributed by atoms with Crippen molar-refractivity contribution in [3.8, 4) is 5.82 Å². The highest BCUT2D eigenvalue weighted by atomic mass is 16.1. The molecule has 17 heavy (non-hydrogen) atoms. The first-order valence-electron chi connectivity index (χ1n) is 5.38. The minimum atomic E-state index is -0.0432. The maximum Gasteiger partial charge on any atom is 0.264 e. The minimum Gasteiger partial charge on any atom is -0.347 e. The molecule has 2 aromatic heterocycles. The normalized spacial score (nSPS) is 10.9. The highest BCUT2D eigenvalue weighted by molar-refractivity contribution is 5.81. The Morgan fingerprint density at radius 1 is 1.24 bits per heavy atom. The third kappa shape index (κ3) is 1.45. The molecule has 3 aromatic rings. The summed E-state index contributed by atoms with van der Waals surface area (Å²) in [5.74, 6) is 0.653. The molecule has 0 unspecified atom stereocenters.